The van der Waals surface area contributed by atoms with Crippen LogP contribution in [0.5, 0.6) is 0 Å². The van der Waals surface area contributed by atoms with Crippen molar-refractivity contribution in [1.82, 2.24) is 9.71 Å². The standard InChI is InChI=1S/C14H23N3O2S2/c1-3-9-15-13-12(6-4-10-16-13)21(18,19)17-11-14(20-2)7-5-8-14/h4,6,10,17H,3,5,7-9,11H2,1-2H3,(H,15,16). The predicted octanol–water partition coefficient (Wildman–Crippen LogP) is 2.47. The lowest BCUT2D eigenvalue weighted by Gasteiger charge is -2.40. The molecule has 1 heterocycles. The molecule has 0 saturated heterocycles. The Labute approximate surface area is 131 Å². The summed E-state index contributed by atoms with van der Waals surface area (Å²) < 4.78 is 27.9. The van der Waals surface area contributed by atoms with Crippen molar-refractivity contribution in [3.8, 4) is 0 Å². The smallest absolute Gasteiger partial charge is 0.244 e. The van der Waals surface area contributed by atoms with Gasteiger partial charge in [-0.25, -0.2) is 18.1 Å². The van der Waals surface area contributed by atoms with E-state index in [1.165, 1.54) is 6.42 Å². The van der Waals surface area contributed by atoms with Gasteiger partial charge in [0.05, 0.1) is 0 Å². The Bertz CT molecular complexity index is 566. The number of anilines is 1. The second-order valence-electron chi connectivity index (χ2n) is 5.34. The molecule has 0 atom stereocenters. The molecule has 0 amide bonds. The minimum atomic E-state index is -3.53. The van der Waals surface area contributed by atoms with Crippen molar-refractivity contribution < 1.29 is 8.42 Å². The Morgan fingerprint density at radius 1 is 1.43 bits per heavy atom. The first-order valence-corrected chi connectivity index (χ1v) is 9.97. The Balaban J connectivity index is 2.12. The number of pyridine rings is 1. The van der Waals surface area contributed by atoms with Crippen molar-refractivity contribution >= 4 is 27.6 Å². The van der Waals surface area contributed by atoms with Crippen LogP contribution in [0.2, 0.25) is 0 Å². The lowest BCUT2D eigenvalue weighted by atomic mass is 9.84. The van der Waals surface area contributed by atoms with Crippen LogP contribution in [0.15, 0.2) is 23.2 Å². The SMILES string of the molecule is CCCNc1ncccc1S(=O)(=O)NCC1(SC)CCC1. The average Bonchev–Trinajstić information content (AvgIpc) is 2.44. The molecule has 5 nitrogen and oxygen atoms in total. The van der Waals surface area contributed by atoms with Crippen LogP contribution >= 0.6 is 11.8 Å². The Hall–Kier alpha value is -0.790. The van der Waals surface area contributed by atoms with Crippen LogP contribution in [-0.2, 0) is 10.0 Å². The van der Waals surface area contributed by atoms with Gasteiger partial charge in [-0.1, -0.05) is 13.3 Å². The molecule has 1 fully saturated rings. The van der Waals surface area contributed by atoms with E-state index in [0.29, 0.717) is 18.9 Å². The third kappa shape index (κ3) is 3.90. The fourth-order valence-electron chi connectivity index (χ4n) is 2.31. The minimum Gasteiger partial charge on any atom is -0.369 e. The Kier molecular flexibility index (Phi) is 5.51. The molecule has 1 saturated carbocycles. The molecule has 1 aromatic heterocycles. The lowest BCUT2D eigenvalue weighted by molar-refractivity contribution is 0.362. The maximum Gasteiger partial charge on any atom is 0.244 e. The first kappa shape index (κ1) is 16.6. The normalized spacial score (nSPS) is 17.2. The first-order valence-electron chi connectivity index (χ1n) is 7.27. The molecule has 2 N–H and O–H groups in total. The van der Waals surface area contributed by atoms with Gasteiger partial charge >= 0.3 is 0 Å². The second-order valence-corrected chi connectivity index (χ2v) is 8.35. The largest absolute Gasteiger partial charge is 0.369 e. The van der Waals surface area contributed by atoms with Crippen molar-refractivity contribution in [3.63, 3.8) is 0 Å². The first-order chi connectivity index (χ1) is 10.0. The molecule has 0 unspecified atom stereocenters. The summed E-state index contributed by atoms with van der Waals surface area (Å²) in [5, 5.41) is 3.07. The zero-order valence-corrected chi connectivity index (χ0v) is 14.2. The zero-order chi connectivity index (χ0) is 15.3. The highest BCUT2D eigenvalue weighted by atomic mass is 32.2. The van der Waals surface area contributed by atoms with Crippen LogP contribution < -0.4 is 10.0 Å². The maximum atomic E-state index is 12.5. The van der Waals surface area contributed by atoms with E-state index in [2.05, 4.69) is 15.0 Å². The fraction of sp³-hybridized carbons (Fsp3) is 0.643. The molecule has 1 aliphatic rings. The van der Waals surface area contributed by atoms with E-state index in [1.807, 2.05) is 13.2 Å². The number of sulfonamides is 1. The van der Waals surface area contributed by atoms with E-state index in [9.17, 15) is 8.42 Å². The van der Waals surface area contributed by atoms with E-state index < -0.39 is 10.0 Å². The van der Waals surface area contributed by atoms with Gasteiger partial charge in [-0.15, -0.1) is 0 Å². The number of nitrogens with zero attached hydrogens (tertiary/aromatic N) is 1. The van der Waals surface area contributed by atoms with Gasteiger partial charge in [-0.05, 0) is 37.7 Å². The summed E-state index contributed by atoms with van der Waals surface area (Å²) in [4.78, 5) is 4.38. The lowest BCUT2D eigenvalue weighted by Crippen LogP contribution is -2.45. The van der Waals surface area contributed by atoms with Gasteiger partial charge in [0.25, 0.3) is 0 Å². The summed E-state index contributed by atoms with van der Waals surface area (Å²) in [7, 11) is -3.53. The minimum absolute atomic E-state index is 0.0757. The van der Waals surface area contributed by atoms with Gasteiger partial charge in [0.2, 0.25) is 10.0 Å². The van der Waals surface area contributed by atoms with E-state index in [1.54, 1.807) is 30.1 Å². The molecule has 2 rings (SSSR count). The molecule has 0 aliphatic heterocycles. The van der Waals surface area contributed by atoms with Crippen molar-refractivity contribution in [1.29, 1.82) is 0 Å². The highest BCUT2D eigenvalue weighted by Crippen LogP contribution is 2.42. The average molecular weight is 329 g/mol. The van der Waals surface area contributed by atoms with E-state index in [-0.39, 0.29) is 9.64 Å². The van der Waals surface area contributed by atoms with Crippen molar-refractivity contribution in [3.05, 3.63) is 18.3 Å². The van der Waals surface area contributed by atoms with Crippen LogP contribution in [-0.4, -0.2) is 37.5 Å². The van der Waals surface area contributed by atoms with Gasteiger partial charge in [0, 0.05) is 24.0 Å². The molecule has 21 heavy (non-hydrogen) atoms. The summed E-state index contributed by atoms with van der Waals surface area (Å²) in [6, 6.07) is 3.25. The highest BCUT2D eigenvalue weighted by molar-refractivity contribution is 8.00. The fourth-order valence-corrected chi connectivity index (χ4v) is 4.58. The monoisotopic (exact) mass is 329 g/mol. The third-order valence-electron chi connectivity index (χ3n) is 3.88. The van der Waals surface area contributed by atoms with Crippen LogP contribution in [0, 0.1) is 0 Å². The van der Waals surface area contributed by atoms with Crippen molar-refractivity contribution in [2.24, 2.45) is 0 Å². The maximum absolute atomic E-state index is 12.5. The summed E-state index contributed by atoms with van der Waals surface area (Å²) >= 11 is 1.75. The summed E-state index contributed by atoms with van der Waals surface area (Å²) in [5.74, 6) is 0.429. The number of hydrogen-bond donors (Lipinski definition) is 2. The molecule has 1 aliphatic carbocycles. The quantitative estimate of drug-likeness (QED) is 0.766. The molecular weight excluding hydrogens is 306 g/mol. The second kappa shape index (κ2) is 6.98. The Morgan fingerprint density at radius 3 is 2.76 bits per heavy atom. The van der Waals surface area contributed by atoms with Crippen LogP contribution in [0.3, 0.4) is 0 Å². The number of hydrogen-bond acceptors (Lipinski definition) is 5. The molecular formula is C14H23N3O2S2. The number of rotatable bonds is 8. The molecule has 0 aromatic carbocycles. The van der Waals surface area contributed by atoms with Crippen LogP contribution in [0.1, 0.15) is 32.6 Å². The van der Waals surface area contributed by atoms with Crippen LogP contribution in [0.25, 0.3) is 0 Å². The molecule has 1 aromatic rings. The summed E-state index contributed by atoms with van der Waals surface area (Å²) in [5.41, 5.74) is 0. The third-order valence-corrected chi connectivity index (χ3v) is 6.74. The molecule has 0 radical (unpaired) electrons. The highest BCUT2D eigenvalue weighted by Gasteiger charge is 2.37. The van der Waals surface area contributed by atoms with E-state index >= 15 is 0 Å². The summed E-state index contributed by atoms with van der Waals surface area (Å²) in [6.07, 6.45) is 7.89. The molecule has 7 heteroatoms. The van der Waals surface area contributed by atoms with Crippen molar-refractivity contribution in [2.75, 3.05) is 24.7 Å². The van der Waals surface area contributed by atoms with Gasteiger partial charge in [0.1, 0.15) is 10.7 Å². The molecule has 118 valence electrons. The van der Waals surface area contributed by atoms with Gasteiger partial charge in [-0.3, -0.25) is 0 Å². The summed E-state index contributed by atoms with van der Waals surface area (Å²) in [6.45, 7) is 3.22. The van der Waals surface area contributed by atoms with Gasteiger partial charge < -0.3 is 5.32 Å². The number of aromatic nitrogens is 1. The zero-order valence-electron chi connectivity index (χ0n) is 12.6. The topological polar surface area (TPSA) is 71.1 Å². The number of thioether (sulfide) groups is 1. The Morgan fingerprint density at radius 2 is 2.19 bits per heavy atom. The van der Waals surface area contributed by atoms with E-state index in [4.69, 9.17) is 0 Å². The molecule has 0 bridgehead atoms. The van der Waals surface area contributed by atoms with Gasteiger partial charge in [0.15, 0.2) is 0 Å². The molecule has 0 spiro atoms. The predicted molar refractivity (Wildman–Crippen MR) is 88.3 cm³/mol. The van der Waals surface area contributed by atoms with Crippen LogP contribution in [0.4, 0.5) is 5.82 Å². The number of nitrogens with one attached hydrogen (secondary N) is 2. The van der Waals surface area contributed by atoms with Crippen molar-refractivity contribution in [2.45, 2.75) is 42.2 Å². The van der Waals surface area contributed by atoms with Gasteiger partial charge in [-0.2, -0.15) is 11.8 Å². The van der Waals surface area contributed by atoms with E-state index in [0.717, 1.165) is 19.3 Å².